The molecule has 2 rings (SSSR count). The number of halogens is 1. The van der Waals surface area contributed by atoms with Gasteiger partial charge in [0.1, 0.15) is 0 Å². The molecule has 2 aliphatic rings. The first-order valence-electron chi connectivity index (χ1n) is 4.98. The van der Waals surface area contributed by atoms with Crippen LogP contribution in [0.4, 0.5) is 0 Å². The molecule has 1 aliphatic heterocycles. The Labute approximate surface area is 88.4 Å². The van der Waals surface area contributed by atoms with Gasteiger partial charge in [-0.15, -0.1) is 0 Å². The normalized spacial score (nSPS) is 43.0. The summed E-state index contributed by atoms with van der Waals surface area (Å²) < 4.78 is 7.26. The molecule has 1 nitrogen and oxygen atoms in total. The Bertz CT molecular complexity index is 167. The quantitative estimate of drug-likeness (QED) is 0.557. The molecule has 0 N–H and O–H groups in total. The lowest BCUT2D eigenvalue weighted by Gasteiger charge is -2.40. The van der Waals surface area contributed by atoms with Crippen molar-refractivity contribution in [3.8, 4) is 0 Å². The van der Waals surface area contributed by atoms with E-state index in [2.05, 4.69) is 29.5 Å². The summed E-state index contributed by atoms with van der Waals surface area (Å²) in [5.74, 6) is 0.880. The van der Waals surface area contributed by atoms with E-state index in [9.17, 15) is 0 Å². The monoisotopic (exact) mass is 280 g/mol. The van der Waals surface area contributed by atoms with E-state index >= 15 is 0 Å². The van der Waals surface area contributed by atoms with Gasteiger partial charge in [-0.2, -0.15) is 0 Å². The van der Waals surface area contributed by atoms with Crippen molar-refractivity contribution in [2.45, 2.75) is 50.7 Å². The van der Waals surface area contributed by atoms with Gasteiger partial charge < -0.3 is 4.74 Å². The van der Waals surface area contributed by atoms with Crippen molar-refractivity contribution < 1.29 is 4.74 Å². The van der Waals surface area contributed by atoms with Crippen molar-refractivity contribution >= 4 is 22.6 Å². The standard InChI is InChI=1S/C10H17IO/c1-10(8-3-2-4-8)6-5-9(7-11)12-10/h8-9H,2-7H2,1H3. The van der Waals surface area contributed by atoms with Crippen LogP contribution >= 0.6 is 22.6 Å². The van der Waals surface area contributed by atoms with Gasteiger partial charge in [-0.1, -0.05) is 29.0 Å². The fourth-order valence-corrected chi connectivity index (χ4v) is 2.99. The third-order valence-corrected chi connectivity index (χ3v) is 4.52. The molecule has 12 heavy (non-hydrogen) atoms. The average molecular weight is 280 g/mol. The molecule has 1 heterocycles. The molecule has 0 spiro atoms. The van der Waals surface area contributed by atoms with Gasteiger partial charge in [0.05, 0.1) is 11.7 Å². The number of rotatable bonds is 2. The predicted molar refractivity (Wildman–Crippen MR) is 58.7 cm³/mol. The molecular formula is C10H17IO. The summed E-state index contributed by atoms with van der Waals surface area (Å²) in [5.41, 5.74) is 0.258. The van der Waals surface area contributed by atoms with Gasteiger partial charge in [0, 0.05) is 4.43 Å². The summed E-state index contributed by atoms with van der Waals surface area (Å²) in [5, 5.41) is 0. The van der Waals surface area contributed by atoms with Gasteiger partial charge in [-0.25, -0.2) is 0 Å². The fourth-order valence-electron chi connectivity index (χ4n) is 2.37. The largest absolute Gasteiger partial charge is 0.371 e. The zero-order chi connectivity index (χ0) is 8.60. The number of hydrogen-bond acceptors (Lipinski definition) is 1. The second kappa shape index (κ2) is 3.45. The highest BCUT2D eigenvalue weighted by molar-refractivity contribution is 14.1. The Balaban J connectivity index is 1.94. The third-order valence-electron chi connectivity index (χ3n) is 3.54. The molecule has 2 atom stereocenters. The molecule has 1 saturated carbocycles. The highest BCUT2D eigenvalue weighted by Crippen LogP contribution is 2.45. The van der Waals surface area contributed by atoms with Crippen LogP contribution in [-0.2, 0) is 4.74 Å². The second-order valence-corrected chi connectivity index (χ2v) is 5.25. The van der Waals surface area contributed by atoms with Crippen LogP contribution in [0.15, 0.2) is 0 Å². The van der Waals surface area contributed by atoms with Gasteiger partial charge in [-0.05, 0) is 38.5 Å². The maximum atomic E-state index is 6.09. The fraction of sp³-hybridized carbons (Fsp3) is 1.00. The van der Waals surface area contributed by atoms with Crippen molar-refractivity contribution in [1.29, 1.82) is 0 Å². The summed E-state index contributed by atoms with van der Waals surface area (Å²) in [4.78, 5) is 0. The van der Waals surface area contributed by atoms with Gasteiger partial charge in [0.25, 0.3) is 0 Å². The van der Waals surface area contributed by atoms with Gasteiger partial charge in [0.2, 0.25) is 0 Å². The lowest BCUT2D eigenvalue weighted by Crippen LogP contribution is -2.39. The third kappa shape index (κ3) is 1.52. The van der Waals surface area contributed by atoms with Crippen LogP contribution in [0.5, 0.6) is 0 Å². The van der Waals surface area contributed by atoms with Gasteiger partial charge in [-0.3, -0.25) is 0 Å². The van der Waals surface area contributed by atoms with Crippen molar-refractivity contribution in [1.82, 2.24) is 0 Å². The van der Waals surface area contributed by atoms with Crippen LogP contribution in [0.2, 0.25) is 0 Å². The minimum atomic E-state index is 0.258. The number of hydrogen-bond donors (Lipinski definition) is 0. The highest BCUT2D eigenvalue weighted by atomic mass is 127. The van der Waals surface area contributed by atoms with E-state index in [-0.39, 0.29) is 5.60 Å². The zero-order valence-electron chi connectivity index (χ0n) is 7.68. The first kappa shape index (κ1) is 9.25. The van der Waals surface area contributed by atoms with Crippen molar-refractivity contribution in [3.63, 3.8) is 0 Å². The number of alkyl halides is 1. The molecule has 2 fully saturated rings. The zero-order valence-corrected chi connectivity index (χ0v) is 9.84. The van der Waals surface area contributed by atoms with E-state index in [0.29, 0.717) is 6.10 Å². The minimum absolute atomic E-state index is 0.258. The minimum Gasteiger partial charge on any atom is -0.371 e. The van der Waals surface area contributed by atoms with Crippen LogP contribution in [0.1, 0.15) is 39.0 Å². The lowest BCUT2D eigenvalue weighted by atomic mass is 9.72. The predicted octanol–water partition coefficient (Wildman–Crippen LogP) is 3.16. The van der Waals surface area contributed by atoms with E-state index in [1.807, 2.05) is 0 Å². The molecular weight excluding hydrogens is 263 g/mol. The Kier molecular flexibility index (Phi) is 2.66. The van der Waals surface area contributed by atoms with E-state index in [1.165, 1.54) is 36.5 Å². The van der Waals surface area contributed by atoms with Crippen molar-refractivity contribution in [2.24, 2.45) is 5.92 Å². The molecule has 1 saturated heterocycles. The van der Waals surface area contributed by atoms with Gasteiger partial charge in [0.15, 0.2) is 0 Å². The Morgan fingerprint density at radius 3 is 2.58 bits per heavy atom. The van der Waals surface area contributed by atoms with E-state index in [4.69, 9.17) is 4.74 Å². The maximum absolute atomic E-state index is 6.09. The molecule has 0 aromatic carbocycles. The molecule has 0 aromatic rings. The van der Waals surface area contributed by atoms with E-state index in [1.54, 1.807) is 0 Å². The second-order valence-electron chi connectivity index (χ2n) is 4.37. The molecule has 70 valence electrons. The van der Waals surface area contributed by atoms with E-state index < -0.39 is 0 Å². The van der Waals surface area contributed by atoms with Crippen LogP contribution in [-0.4, -0.2) is 16.1 Å². The lowest BCUT2D eigenvalue weighted by molar-refractivity contribution is -0.0810. The topological polar surface area (TPSA) is 9.23 Å². The molecule has 2 heteroatoms. The smallest absolute Gasteiger partial charge is 0.0687 e. The van der Waals surface area contributed by atoms with Crippen LogP contribution < -0.4 is 0 Å². The van der Waals surface area contributed by atoms with Crippen LogP contribution in [0, 0.1) is 5.92 Å². The molecule has 1 aliphatic carbocycles. The molecule has 0 radical (unpaired) electrons. The Morgan fingerprint density at radius 2 is 2.17 bits per heavy atom. The average Bonchev–Trinajstić information content (AvgIpc) is 2.28. The van der Waals surface area contributed by atoms with Crippen LogP contribution in [0.25, 0.3) is 0 Å². The van der Waals surface area contributed by atoms with Crippen LogP contribution in [0.3, 0.4) is 0 Å². The van der Waals surface area contributed by atoms with Gasteiger partial charge >= 0.3 is 0 Å². The highest BCUT2D eigenvalue weighted by Gasteiger charge is 2.44. The molecule has 0 bridgehead atoms. The number of ether oxygens (including phenoxy) is 1. The summed E-state index contributed by atoms with van der Waals surface area (Å²) in [6.45, 7) is 2.32. The Hall–Kier alpha value is 0.690. The SMILES string of the molecule is CC1(C2CCC2)CCC(CI)O1. The van der Waals surface area contributed by atoms with E-state index in [0.717, 1.165) is 5.92 Å². The first-order chi connectivity index (χ1) is 5.74. The molecule has 0 aromatic heterocycles. The maximum Gasteiger partial charge on any atom is 0.0687 e. The van der Waals surface area contributed by atoms with Crippen molar-refractivity contribution in [2.75, 3.05) is 4.43 Å². The summed E-state index contributed by atoms with van der Waals surface area (Å²) in [6.07, 6.45) is 7.38. The molecule has 0 amide bonds. The summed E-state index contributed by atoms with van der Waals surface area (Å²) >= 11 is 2.43. The summed E-state index contributed by atoms with van der Waals surface area (Å²) in [7, 11) is 0. The van der Waals surface area contributed by atoms with Crippen molar-refractivity contribution in [3.05, 3.63) is 0 Å². The summed E-state index contributed by atoms with van der Waals surface area (Å²) in [6, 6.07) is 0. The first-order valence-corrected chi connectivity index (χ1v) is 6.51. The molecule has 2 unspecified atom stereocenters. The Morgan fingerprint density at radius 1 is 1.42 bits per heavy atom.